The monoisotopic (exact) mass is 561 g/mol. The van der Waals surface area contributed by atoms with E-state index in [0.717, 1.165) is 88.3 Å². The van der Waals surface area contributed by atoms with Crippen LogP contribution >= 0.6 is 0 Å². The van der Waals surface area contributed by atoms with Crippen LogP contribution in [0, 0.1) is 0 Å². The first-order chi connectivity index (χ1) is 21.8. The summed E-state index contributed by atoms with van der Waals surface area (Å²) in [6.45, 7) is 0. The van der Waals surface area contributed by atoms with Crippen LogP contribution < -0.4 is 0 Å². The van der Waals surface area contributed by atoms with Crippen molar-refractivity contribution in [3.05, 3.63) is 140 Å². The van der Waals surface area contributed by atoms with Crippen molar-refractivity contribution in [2.75, 3.05) is 0 Å². The van der Waals surface area contributed by atoms with Crippen molar-refractivity contribution in [1.82, 2.24) is 24.9 Å². The molecule has 4 aromatic carbocycles. The molecule has 204 valence electrons. The Kier molecular flexibility index (Phi) is 5.43. The maximum atomic E-state index is 5.19. The summed E-state index contributed by atoms with van der Waals surface area (Å²) in [7, 11) is 0. The molecule has 0 amide bonds. The number of aromatic nitrogens is 5. The Bertz CT molecular complexity index is 2540. The smallest absolute Gasteiger partial charge is 0.0979 e. The van der Waals surface area contributed by atoms with Crippen molar-refractivity contribution in [2.24, 2.45) is 0 Å². The van der Waals surface area contributed by atoms with Crippen LogP contribution in [0.2, 0.25) is 0 Å². The van der Waals surface area contributed by atoms with Crippen LogP contribution in [0.4, 0.5) is 0 Å². The van der Waals surface area contributed by atoms with E-state index in [1.807, 2.05) is 36.7 Å². The van der Waals surface area contributed by atoms with Gasteiger partial charge in [0.2, 0.25) is 0 Å². The molecule has 0 N–H and O–H groups in total. The minimum Gasteiger partial charge on any atom is -0.256 e. The first kappa shape index (κ1) is 24.5. The molecule has 5 heteroatoms. The highest BCUT2D eigenvalue weighted by Crippen LogP contribution is 2.37. The molecular weight excluding hydrogens is 538 g/mol. The maximum Gasteiger partial charge on any atom is 0.0979 e. The van der Waals surface area contributed by atoms with Gasteiger partial charge in [-0.25, -0.2) is 15.0 Å². The van der Waals surface area contributed by atoms with Crippen LogP contribution in [0.3, 0.4) is 0 Å². The fourth-order valence-electron chi connectivity index (χ4n) is 6.18. The molecule has 0 radical (unpaired) electrons. The van der Waals surface area contributed by atoms with Gasteiger partial charge < -0.3 is 0 Å². The minimum atomic E-state index is 0.876. The molecule has 0 spiro atoms. The lowest BCUT2D eigenvalue weighted by Gasteiger charge is -2.13. The van der Waals surface area contributed by atoms with Crippen LogP contribution in [-0.2, 0) is 0 Å². The summed E-state index contributed by atoms with van der Waals surface area (Å²) in [5.41, 5.74) is 10.4. The van der Waals surface area contributed by atoms with Crippen LogP contribution in [0.5, 0.6) is 0 Å². The zero-order chi connectivity index (χ0) is 29.0. The number of benzene rings is 4. The van der Waals surface area contributed by atoms with Crippen LogP contribution in [0.1, 0.15) is 0 Å². The molecule has 0 aliphatic heterocycles. The van der Waals surface area contributed by atoms with Gasteiger partial charge in [0.25, 0.3) is 0 Å². The average molecular weight is 562 g/mol. The Balaban J connectivity index is 1.17. The summed E-state index contributed by atoms with van der Waals surface area (Å²) >= 11 is 0. The molecule has 0 unspecified atom stereocenters. The molecular formula is C39H23N5. The number of hydrogen-bond donors (Lipinski definition) is 0. The molecule has 9 rings (SSSR count). The summed E-state index contributed by atoms with van der Waals surface area (Å²) in [4.78, 5) is 24.6. The van der Waals surface area contributed by atoms with Crippen LogP contribution in [-0.4, -0.2) is 24.9 Å². The van der Waals surface area contributed by atoms with E-state index in [-0.39, 0.29) is 0 Å². The van der Waals surface area contributed by atoms with Crippen molar-refractivity contribution >= 4 is 54.5 Å². The lowest BCUT2D eigenvalue weighted by Crippen LogP contribution is -1.94. The van der Waals surface area contributed by atoms with Crippen molar-refractivity contribution in [3.8, 4) is 33.8 Å². The van der Waals surface area contributed by atoms with Crippen molar-refractivity contribution in [1.29, 1.82) is 0 Å². The number of para-hydroxylation sites is 1. The van der Waals surface area contributed by atoms with Crippen LogP contribution in [0.25, 0.3) is 88.3 Å². The highest BCUT2D eigenvalue weighted by atomic mass is 14.8. The second kappa shape index (κ2) is 9.75. The number of hydrogen-bond acceptors (Lipinski definition) is 5. The van der Waals surface area contributed by atoms with E-state index < -0.39 is 0 Å². The first-order valence-electron chi connectivity index (χ1n) is 14.6. The second-order valence-electron chi connectivity index (χ2n) is 10.9. The summed E-state index contributed by atoms with van der Waals surface area (Å²) in [5, 5.41) is 5.34. The molecule has 0 saturated carbocycles. The molecule has 0 fully saturated rings. The first-order valence-corrected chi connectivity index (χ1v) is 14.6. The predicted molar refractivity (Wildman–Crippen MR) is 179 cm³/mol. The molecule has 0 saturated heterocycles. The third kappa shape index (κ3) is 3.91. The summed E-state index contributed by atoms with van der Waals surface area (Å²) in [6, 6.07) is 43.6. The Morgan fingerprint density at radius 3 is 1.68 bits per heavy atom. The standard InChI is InChI=1S/C39H23N5/c1-2-8-33-29(7-1)35(34-9-3-4-22-40-34)30-19-16-28-18-21-32(43-38(28)39(30)44-33)25-12-10-24(11-13-25)31-20-17-27-15-14-26-6-5-23-41-36(26)37(27)42-31/h1-23H. The van der Waals surface area contributed by atoms with Gasteiger partial charge in [-0.3, -0.25) is 9.97 Å². The maximum absolute atomic E-state index is 5.19. The SMILES string of the molecule is c1ccc(-c2c3ccccc3nc3c2ccc2ccc(-c4ccc(-c5ccc6ccc7cccnc7c6n5)cc4)nc23)nc1. The largest absolute Gasteiger partial charge is 0.256 e. The lowest BCUT2D eigenvalue weighted by atomic mass is 9.97. The Labute approximate surface area is 252 Å². The number of fused-ring (bicyclic) bond motifs is 7. The number of pyridine rings is 5. The van der Waals surface area contributed by atoms with E-state index in [1.54, 1.807) is 0 Å². The molecule has 0 aliphatic rings. The second-order valence-corrected chi connectivity index (χ2v) is 10.9. The van der Waals surface area contributed by atoms with Crippen molar-refractivity contribution in [2.45, 2.75) is 0 Å². The molecule has 0 bridgehead atoms. The van der Waals surface area contributed by atoms with Gasteiger partial charge >= 0.3 is 0 Å². The van der Waals surface area contributed by atoms with Gasteiger partial charge in [-0.2, -0.15) is 0 Å². The van der Waals surface area contributed by atoms with Gasteiger partial charge in [0.1, 0.15) is 0 Å². The minimum absolute atomic E-state index is 0.876. The number of rotatable bonds is 3. The van der Waals surface area contributed by atoms with E-state index in [1.165, 1.54) is 0 Å². The fourth-order valence-corrected chi connectivity index (χ4v) is 6.18. The van der Waals surface area contributed by atoms with Crippen molar-refractivity contribution < 1.29 is 0 Å². The average Bonchev–Trinajstić information content (AvgIpc) is 3.10. The quantitative estimate of drug-likeness (QED) is 0.159. The molecule has 9 aromatic rings. The van der Waals surface area contributed by atoms with Crippen LogP contribution in [0.15, 0.2) is 140 Å². The predicted octanol–water partition coefficient (Wildman–Crippen LogP) is 9.43. The molecule has 44 heavy (non-hydrogen) atoms. The van der Waals surface area contributed by atoms with Gasteiger partial charge in [-0.05, 0) is 36.4 Å². The third-order valence-corrected chi connectivity index (χ3v) is 8.34. The molecule has 0 atom stereocenters. The summed E-state index contributed by atoms with van der Waals surface area (Å²) in [6.07, 6.45) is 3.66. The molecule has 5 heterocycles. The normalized spacial score (nSPS) is 11.6. The van der Waals surface area contributed by atoms with E-state index in [4.69, 9.17) is 19.9 Å². The zero-order valence-electron chi connectivity index (χ0n) is 23.5. The van der Waals surface area contributed by atoms with E-state index in [2.05, 4.69) is 108 Å². The molecule has 5 aromatic heterocycles. The van der Waals surface area contributed by atoms with Gasteiger partial charge in [0.15, 0.2) is 0 Å². The Morgan fingerprint density at radius 2 is 0.955 bits per heavy atom. The third-order valence-electron chi connectivity index (χ3n) is 8.34. The van der Waals surface area contributed by atoms with Gasteiger partial charge in [-0.15, -0.1) is 0 Å². The fraction of sp³-hybridized carbons (Fsp3) is 0. The van der Waals surface area contributed by atoms with E-state index in [9.17, 15) is 0 Å². The summed E-state index contributed by atoms with van der Waals surface area (Å²) < 4.78 is 0. The van der Waals surface area contributed by atoms with E-state index >= 15 is 0 Å². The molecule has 0 aliphatic carbocycles. The zero-order valence-corrected chi connectivity index (χ0v) is 23.5. The van der Waals surface area contributed by atoms with Crippen molar-refractivity contribution in [3.63, 3.8) is 0 Å². The summed E-state index contributed by atoms with van der Waals surface area (Å²) in [5.74, 6) is 0. The van der Waals surface area contributed by atoms with Gasteiger partial charge in [0.05, 0.1) is 44.7 Å². The lowest BCUT2D eigenvalue weighted by molar-refractivity contribution is 1.33. The molecule has 5 nitrogen and oxygen atoms in total. The highest BCUT2D eigenvalue weighted by Gasteiger charge is 2.15. The Hall–Kier alpha value is -6.07. The van der Waals surface area contributed by atoms with Gasteiger partial charge in [0, 0.05) is 56.0 Å². The van der Waals surface area contributed by atoms with Gasteiger partial charge in [-0.1, -0.05) is 91.0 Å². The number of nitrogens with zero attached hydrogens (tertiary/aromatic N) is 5. The van der Waals surface area contributed by atoms with E-state index in [0.29, 0.717) is 0 Å². The Morgan fingerprint density at radius 1 is 0.341 bits per heavy atom. The highest BCUT2D eigenvalue weighted by molar-refractivity contribution is 6.15. The topological polar surface area (TPSA) is 64.5 Å².